The van der Waals surface area contributed by atoms with Crippen LogP contribution in [0.2, 0.25) is 0 Å². The van der Waals surface area contributed by atoms with Crippen LogP contribution in [0.3, 0.4) is 0 Å². The largest absolute Gasteiger partial charge is 0.495 e. The van der Waals surface area contributed by atoms with E-state index in [1.165, 1.54) is 11.3 Å². The maximum Gasteiger partial charge on any atom is 0.269 e. The van der Waals surface area contributed by atoms with Crippen LogP contribution in [-0.2, 0) is 9.53 Å². The van der Waals surface area contributed by atoms with E-state index >= 15 is 0 Å². The third-order valence-corrected chi connectivity index (χ3v) is 5.69. The average molecular weight is 342 g/mol. The van der Waals surface area contributed by atoms with Crippen molar-refractivity contribution in [3.63, 3.8) is 0 Å². The summed E-state index contributed by atoms with van der Waals surface area (Å²) >= 11 is 2.96. The van der Waals surface area contributed by atoms with Gasteiger partial charge < -0.3 is 19.3 Å². The third-order valence-electron chi connectivity index (χ3n) is 3.79. The molecule has 0 spiro atoms. The molecule has 0 aliphatic carbocycles. The van der Waals surface area contributed by atoms with Crippen molar-refractivity contribution in [3.05, 3.63) is 16.3 Å². The summed E-state index contributed by atoms with van der Waals surface area (Å²) < 4.78 is 10.5. The molecule has 1 unspecified atom stereocenters. The van der Waals surface area contributed by atoms with Crippen molar-refractivity contribution in [1.82, 2.24) is 9.80 Å². The molecular formula is C14H18N2O4S2. The Hall–Kier alpha value is -1.25. The minimum atomic E-state index is -0.387. The van der Waals surface area contributed by atoms with Crippen LogP contribution in [0.25, 0.3) is 0 Å². The minimum Gasteiger partial charge on any atom is -0.495 e. The number of hydrogen-bond acceptors (Lipinski definition) is 6. The molecular weight excluding hydrogens is 324 g/mol. The summed E-state index contributed by atoms with van der Waals surface area (Å²) in [6.45, 7) is 2.34. The highest BCUT2D eigenvalue weighted by atomic mass is 32.2. The van der Waals surface area contributed by atoms with E-state index in [1.807, 2.05) is 5.38 Å². The van der Waals surface area contributed by atoms with E-state index in [0.717, 1.165) is 0 Å². The summed E-state index contributed by atoms with van der Waals surface area (Å²) in [6, 6.07) is 1.39. The van der Waals surface area contributed by atoms with Crippen molar-refractivity contribution < 1.29 is 19.1 Å². The first-order chi connectivity index (χ1) is 10.7. The number of carbonyl (C=O) groups is 2. The van der Waals surface area contributed by atoms with E-state index in [0.29, 0.717) is 48.6 Å². The molecule has 2 aliphatic heterocycles. The van der Waals surface area contributed by atoms with Gasteiger partial charge in [-0.25, -0.2) is 0 Å². The number of thiophene rings is 1. The topological polar surface area (TPSA) is 59.1 Å². The van der Waals surface area contributed by atoms with Gasteiger partial charge in [0.15, 0.2) is 0 Å². The SMILES string of the molecule is COc1ccsc1C(=O)N1CSCC1C(=O)N1CCOCC1. The second kappa shape index (κ2) is 6.89. The van der Waals surface area contributed by atoms with Gasteiger partial charge in [0, 0.05) is 18.8 Å². The molecule has 0 bridgehead atoms. The third kappa shape index (κ3) is 2.95. The smallest absolute Gasteiger partial charge is 0.269 e. The van der Waals surface area contributed by atoms with Gasteiger partial charge >= 0.3 is 0 Å². The van der Waals surface area contributed by atoms with Crippen LogP contribution in [0, 0.1) is 0 Å². The molecule has 3 rings (SSSR count). The van der Waals surface area contributed by atoms with Gasteiger partial charge in [-0.3, -0.25) is 9.59 Å². The fourth-order valence-electron chi connectivity index (χ4n) is 2.59. The van der Waals surface area contributed by atoms with Crippen molar-refractivity contribution in [2.45, 2.75) is 6.04 Å². The Morgan fingerprint density at radius 1 is 1.36 bits per heavy atom. The van der Waals surface area contributed by atoms with Gasteiger partial charge in [-0.1, -0.05) is 0 Å². The Morgan fingerprint density at radius 2 is 2.14 bits per heavy atom. The Kier molecular flexibility index (Phi) is 4.90. The molecule has 2 aliphatic rings. The Labute approximate surface area is 137 Å². The number of carbonyl (C=O) groups excluding carboxylic acids is 2. The van der Waals surface area contributed by atoms with Gasteiger partial charge in [-0.2, -0.15) is 0 Å². The van der Waals surface area contributed by atoms with E-state index in [1.54, 1.807) is 34.7 Å². The first kappa shape index (κ1) is 15.6. The number of hydrogen-bond donors (Lipinski definition) is 0. The number of ether oxygens (including phenoxy) is 2. The van der Waals surface area contributed by atoms with E-state index < -0.39 is 0 Å². The molecule has 1 atom stereocenters. The highest BCUT2D eigenvalue weighted by Gasteiger charge is 2.38. The molecule has 0 radical (unpaired) electrons. The second-order valence-electron chi connectivity index (χ2n) is 5.05. The highest BCUT2D eigenvalue weighted by molar-refractivity contribution is 7.99. The molecule has 0 aromatic carbocycles. The summed E-state index contributed by atoms with van der Waals surface area (Å²) in [7, 11) is 1.55. The van der Waals surface area contributed by atoms with E-state index in [2.05, 4.69) is 0 Å². The predicted molar refractivity (Wildman–Crippen MR) is 85.6 cm³/mol. The van der Waals surface area contributed by atoms with Crippen LogP contribution < -0.4 is 4.74 Å². The van der Waals surface area contributed by atoms with Crippen molar-refractivity contribution in [3.8, 4) is 5.75 Å². The van der Waals surface area contributed by atoms with Gasteiger partial charge in [0.25, 0.3) is 5.91 Å². The molecule has 22 heavy (non-hydrogen) atoms. The lowest BCUT2D eigenvalue weighted by molar-refractivity contribution is -0.138. The zero-order valence-corrected chi connectivity index (χ0v) is 14.0. The standard InChI is InChI=1S/C14H18N2O4S2/c1-19-11-2-7-22-12(11)14(18)16-9-21-8-10(16)13(17)15-3-5-20-6-4-15/h2,7,10H,3-6,8-9H2,1H3. The summed E-state index contributed by atoms with van der Waals surface area (Å²) in [4.78, 5) is 29.4. The summed E-state index contributed by atoms with van der Waals surface area (Å²) in [6.07, 6.45) is 0. The molecule has 2 amide bonds. The van der Waals surface area contributed by atoms with Crippen molar-refractivity contribution in [1.29, 1.82) is 0 Å². The number of morpholine rings is 1. The molecule has 120 valence electrons. The van der Waals surface area contributed by atoms with Crippen LogP contribution in [0.5, 0.6) is 5.75 Å². The van der Waals surface area contributed by atoms with E-state index in [-0.39, 0.29) is 17.9 Å². The fraction of sp³-hybridized carbons (Fsp3) is 0.571. The van der Waals surface area contributed by atoms with Gasteiger partial charge in [0.1, 0.15) is 16.7 Å². The molecule has 3 heterocycles. The monoisotopic (exact) mass is 342 g/mol. The Morgan fingerprint density at radius 3 is 2.86 bits per heavy atom. The van der Waals surface area contributed by atoms with Crippen LogP contribution in [0.4, 0.5) is 0 Å². The normalized spacial score (nSPS) is 22.0. The quantitative estimate of drug-likeness (QED) is 0.824. The number of thioether (sulfide) groups is 1. The molecule has 0 saturated carbocycles. The summed E-state index contributed by atoms with van der Waals surface area (Å²) in [5, 5.41) is 1.83. The summed E-state index contributed by atoms with van der Waals surface area (Å²) in [5.41, 5.74) is 0. The van der Waals surface area contributed by atoms with Gasteiger partial charge in [-0.05, 0) is 11.4 Å². The van der Waals surface area contributed by atoms with Crippen molar-refractivity contribution in [2.24, 2.45) is 0 Å². The summed E-state index contributed by atoms with van der Waals surface area (Å²) in [5.74, 6) is 1.67. The molecule has 2 fully saturated rings. The maximum atomic E-state index is 12.7. The van der Waals surface area contributed by atoms with E-state index in [4.69, 9.17) is 9.47 Å². The van der Waals surface area contributed by atoms with Gasteiger partial charge in [0.2, 0.25) is 5.91 Å². The van der Waals surface area contributed by atoms with Crippen LogP contribution in [0.15, 0.2) is 11.4 Å². The lowest BCUT2D eigenvalue weighted by Crippen LogP contribution is -2.51. The van der Waals surface area contributed by atoms with Crippen LogP contribution in [0.1, 0.15) is 9.67 Å². The number of methoxy groups -OCH3 is 1. The van der Waals surface area contributed by atoms with Crippen LogP contribution in [-0.4, -0.2) is 72.7 Å². The number of amides is 2. The maximum absolute atomic E-state index is 12.7. The highest BCUT2D eigenvalue weighted by Crippen LogP contribution is 2.31. The lowest BCUT2D eigenvalue weighted by atomic mass is 10.2. The Bertz CT molecular complexity index is 557. The minimum absolute atomic E-state index is 0.0252. The van der Waals surface area contributed by atoms with Gasteiger partial charge in [-0.15, -0.1) is 23.1 Å². The molecule has 6 nitrogen and oxygen atoms in total. The van der Waals surface area contributed by atoms with Gasteiger partial charge in [0.05, 0.1) is 26.2 Å². The number of nitrogens with zero attached hydrogens (tertiary/aromatic N) is 2. The Balaban J connectivity index is 1.75. The molecule has 0 N–H and O–H groups in total. The first-order valence-electron chi connectivity index (χ1n) is 7.09. The zero-order valence-electron chi connectivity index (χ0n) is 12.3. The van der Waals surface area contributed by atoms with Crippen molar-refractivity contribution in [2.75, 3.05) is 45.0 Å². The van der Waals surface area contributed by atoms with Crippen molar-refractivity contribution >= 4 is 34.9 Å². The molecule has 1 aromatic heterocycles. The zero-order chi connectivity index (χ0) is 15.5. The molecule has 2 saturated heterocycles. The lowest BCUT2D eigenvalue weighted by Gasteiger charge is -2.32. The van der Waals surface area contributed by atoms with E-state index in [9.17, 15) is 9.59 Å². The molecule has 1 aromatic rings. The first-order valence-corrected chi connectivity index (χ1v) is 9.12. The average Bonchev–Trinajstić information content (AvgIpc) is 3.23. The fourth-order valence-corrected chi connectivity index (χ4v) is 4.54. The second-order valence-corrected chi connectivity index (χ2v) is 6.96. The molecule has 8 heteroatoms. The number of rotatable bonds is 3. The predicted octanol–water partition coefficient (Wildman–Crippen LogP) is 1.13. The van der Waals surface area contributed by atoms with Crippen LogP contribution >= 0.6 is 23.1 Å².